The first kappa shape index (κ1) is 21.1. The van der Waals surface area contributed by atoms with E-state index >= 15 is 0 Å². The lowest BCUT2D eigenvalue weighted by atomic mass is 10.2. The van der Waals surface area contributed by atoms with Crippen LogP contribution in [0.5, 0.6) is 0 Å². The maximum Gasteiger partial charge on any atom is 0.230 e. The molecule has 28 heavy (non-hydrogen) atoms. The smallest absolute Gasteiger partial charge is 0.230 e. The van der Waals surface area contributed by atoms with E-state index in [9.17, 15) is 4.79 Å². The summed E-state index contributed by atoms with van der Waals surface area (Å²) in [6, 6.07) is 8.19. The molecule has 1 N–H and O–H groups in total. The van der Waals surface area contributed by atoms with Crippen LogP contribution in [0.15, 0.2) is 51.6 Å². The number of hydrogen-bond acceptors (Lipinski definition) is 7. The van der Waals surface area contributed by atoms with E-state index in [4.69, 9.17) is 4.74 Å². The number of carbonyl (C=O) groups excluding carboxylic acids is 1. The normalized spacial score (nSPS) is 14.8. The van der Waals surface area contributed by atoms with Crippen molar-refractivity contribution in [2.75, 3.05) is 45.1 Å². The van der Waals surface area contributed by atoms with Crippen LogP contribution in [0.2, 0.25) is 0 Å². The van der Waals surface area contributed by atoms with Crippen molar-refractivity contribution in [2.45, 2.75) is 28.3 Å². The summed E-state index contributed by atoms with van der Waals surface area (Å²) < 4.78 is 5.34. The van der Waals surface area contributed by atoms with Crippen molar-refractivity contribution < 1.29 is 9.53 Å². The Morgan fingerprint density at radius 2 is 1.93 bits per heavy atom. The first-order valence-electron chi connectivity index (χ1n) is 9.46. The Morgan fingerprint density at radius 3 is 2.71 bits per heavy atom. The van der Waals surface area contributed by atoms with Gasteiger partial charge in [0.05, 0.1) is 19.0 Å². The van der Waals surface area contributed by atoms with Crippen molar-refractivity contribution in [1.82, 2.24) is 20.2 Å². The molecule has 6 nitrogen and oxygen atoms in total. The van der Waals surface area contributed by atoms with Gasteiger partial charge in [0.1, 0.15) is 10.1 Å². The fraction of sp³-hybridized carbons (Fsp3) is 0.450. The second kappa shape index (κ2) is 11.4. The molecule has 8 heteroatoms. The summed E-state index contributed by atoms with van der Waals surface area (Å²) in [5, 5.41) is 4.62. The predicted molar refractivity (Wildman–Crippen MR) is 113 cm³/mol. The van der Waals surface area contributed by atoms with Gasteiger partial charge in [-0.2, -0.15) is 0 Å². The number of morpholine rings is 1. The minimum atomic E-state index is 0.0319. The van der Waals surface area contributed by atoms with Crippen molar-refractivity contribution in [2.24, 2.45) is 0 Å². The second-order valence-corrected chi connectivity index (χ2v) is 8.48. The van der Waals surface area contributed by atoms with Crippen molar-refractivity contribution >= 4 is 29.4 Å². The van der Waals surface area contributed by atoms with E-state index in [-0.39, 0.29) is 5.91 Å². The van der Waals surface area contributed by atoms with Crippen molar-refractivity contribution in [3.8, 4) is 0 Å². The van der Waals surface area contributed by atoms with Crippen molar-refractivity contribution in [1.29, 1.82) is 0 Å². The van der Waals surface area contributed by atoms with Crippen molar-refractivity contribution in [3.63, 3.8) is 0 Å². The summed E-state index contributed by atoms with van der Waals surface area (Å²) >= 11 is 3.02. The maximum absolute atomic E-state index is 12.2. The highest BCUT2D eigenvalue weighted by Gasteiger charge is 2.12. The third-order valence-electron chi connectivity index (χ3n) is 4.35. The Labute approximate surface area is 174 Å². The SMILES string of the molecule is Cc1ccccc1Sc1nccnc1SCC(=O)NCCCN1CCOCC1. The largest absolute Gasteiger partial charge is 0.379 e. The Morgan fingerprint density at radius 1 is 1.18 bits per heavy atom. The molecule has 1 aliphatic rings. The van der Waals surface area contributed by atoms with Gasteiger partial charge in [-0.15, -0.1) is 0 Å². The van der Waals surface area contributed by atoms with E-state index in [2.05, 4.69) is 39.2 Å². The number of ether oxygens (including phenoxy) is 1. The van der Waals surface area contributed by atoms with Gasteiger partial charge < -0.3 is 10.1 Å². The van der Waals surface area contributed by atoms with Crippen LogP contribution in [0.3, 0.4) is 0 Å². The Bertz CT molecular complexity index is 769. The molecule has 2 aromatic rings. The molecule has 1 fully saturated rings. The van der Waals surface area contributed by atoms with Crippen LogP contribution < -0.4 is 5.32 Å². The predicted octanol–water partition coefficient (Wildman–Crippen LogP) is 2.87. The molecule has 2 heterocycles. The number of aromatic nitrogens is 2. The van der Waals surface area contributed by atoms with Gasteiger partial charge in [0.25, 0.3) is 0 Å². The first-order valence-corrected chi connectivity index (χ1v) is 11.3. The number of nitrogens with zero attached hydrogens (tertiary/aromatic N) is 3. The van der Waals surface area contributed by atoms with Gasteiger partial charge >= 0.3 is 0 Å². The van der Waals surface area contributed by atoms with Gasteiger partial charge in [0, 0.05) is 36.9 Å². The van der Waals surface area contributed by atoms with E-state index < -0.39 is 0 Å². The van der Waals surface area contributed by atoms with Crippen LogP contribution in [0.4, 0.5) is 0 Å². The highest BCUT2D eigenvalue weighted by Crippen LogP contribution is 2.33. The number of carbonyl (C=O) groups is 1. The number of rotatable bonds is 9. The zero-order chi connectivity index (χ0) is 19.6. The average Bonchev–Trinajstić information content (AvgIpc) is 2.73. The van der Waals surface area contributed by atoms with Gasteiger partial charge in [0.15, 0.2) is 0 Å². The highest BCUT2D eigenvalue weighted by atomic mass is 32.2. The topological polar surface area (TPSA) is 67.4 Å². The Hall–Kier alpha value is -1.61. The molecule has 150 valence electrons. The monoisotopic (exact) mass is 418 g/mol. The van der Waals surface area contributed by atoms with Gasteiger partial charge in [0.2, 0.25) is 5.91 Å². The van der Waals surface area contributed by atoms with E-state index in [0.29, 0.717) is 12.3 Å². The summed E-state index contributed by atoms with van der Waals surface area (Å²) in [7, 11) is 0. The van der Waals surface area contributed by atoms with E-state index in [1.54, 1.807) is 24.2 Å². The van der Waals surface area contributed by atoms with E-state index in [0.717, 1.165) is 54.2 Å². The molecular weight excluding hydrogens is 392 g/mol. The molecular formula is C20H26N4O2S2. The van der Waals surface area contributed by atoms with Crippen LogP contribution in [0.25, 0.3) is 0 Å². The minimum Gasteiger partial charge on any atom is -0.379 e. The third-order valence-corrected chi connectivity index (χ3v) is 6.63. The number of nitrogens with one attached hydrogen (secondary N) is 1. The van der Waals surface area contributed by atoms with E-state index in [1.165, 1.54) is 17.3 Å². The van der Waals surface area contributed by atoms with Gasteiger partial charge in [-0.3, -0.25) is 9.69 Å². The van der Waals surface area contributed by atoms with Crippen LogP contribution >= 0.6 is 23.5 Å². The highest BCUT2D eigenvalue weighted by molar-refractivity contribution is 8.02. The molecule has 1 amide bonds. The van der Waals surface area contributed by atoms with Crippen LogP contribution in [-0.2, 0) is 9.53 Å². The maximum atomic E-state index is 12.2. The van der Waals surface area contributed by atoms with Gasteiger partial charge in [-0.1, -0.05) is 41.7 Å². The fourth-order valence-electron chi connectivity index (χ4n) is 2.80. The lowest BCUT2D eigenvalue weighted by Crippen LogP contribution is -2.38. The molecule has 1 saturated heterocycles. The number of amides is 1. The lowest BCUT2D eigenvalue weighted by molar-refractivity contribution is -0.118. The number of aryl methyl sites for hydroxylation is 1. The summed E-state index contributed by atoms with van der Waals surface area (Å²) in [5.74, 6) is 0.377. The molecule has 1 aromatic heterocycles. The lowest BCUT2D eigenvalue weighted by Gasteiger charge is -2.26. The Balaban J connectivity index is 1.42. The molecule has 0 aliphatic carbocycles. The molecule has 0 unspecified atom stereocenters. The standard InChI is InChI=1S/C20H26N4O2S2/c1-16-5-2-3-6-17(16)28-20-19(22-8-9-23-20)27-15-18(25)21-7-4-10-24-11-13-26-14-12-24/h2-3,5-6,8-9H,4,7,10-15H2,1H3,(H,21,25). The van der Waals surface area contributed by atoms with Crippen LogP contribution in [0, 0.1) is 6.92 Å². The molecule has 0 atom stereocenters. The van der Waals surface area contributed by atoms with Gasteiger partial charge in [-0.25, -0.2) is 9.97 Å². The molecule has 0 spiro atoms. The number of thioether (sulfide) groups is 1. The van der Waals surface area contributed by atoms with Crippen LogP contribution in [0.1, 0.15) is 12.0 Å². The van der Waals surface area contributed by atoms with Crippen molar-refractivity contribution in [3.05, 3.63) is 42.2 Å². The quantitative estimate of drug-likeness (QED) is 0.496. The Kier molecular flexibility index (Phi) is 8.60. The number of benzene rings is 1. The summed E-state index contributed by atoms with van der Waals surface area (Å²) in [5.41, 5.74) is 1.20. The average molecular weight is 419 g/mol. The molecule has 0 radical (unpaired) electrons. The van der Waals surface area contributed by atoms with Gasteiger partial charge in [-0.05, 0) is 31.5 Å². The zero-order valence-electron chi connectivity index (χ0n) is 16.1. The molecule has 3 rings (SSSR count). The minimum absolute atomic E-state index is 0.0319. The zero-order valence-corrected chi connectivity index (χ0v) is 17.7. The molecule has 1 aliphatic heterocycles. The van der Waals surface area contributed by atoms with E-state index in [1.807, 2.05) is 12.1 Å². The second-order valence-electron chi connectivity index (χ2n) is 6.48. The molecule has 1 aromatic carbocycles. The fourth-order valence-corrected chi connectivity index (χ4v) is 4.62. The first-order chi connectivity index (χ1) is 13.7. The summed E-state index contributed by atoms with van der Waals surface area (Å²) in [6.07, 6.45) is 4.32. The molecule has 0 bridgehead atoms. The third kappa shape index (κ3) is 6.77. The number of hydrogen-bond donors (Lipinski definition) is 1. The summed E-state index contributed by atoms with van der Waals surface area (Å²) in [4.78, 5) is 24.6. The van der Waals surface area contributed by atoms with Crippen LogP contribution in [-0.4, -0.2) is 65.9 Å². The summed E-state index contributed by atoms with van der Waals surface area (Å²) in [6.45, 7) is 7.36. The molecule has 0 saturated carbocycles.